The van der Waals surface area contributed by atoms with Gasteiger partial charge < -0.3 is 24.3 Å². The lowest BCUT2D eigenvalue weighted by molar-refractivity contribution is -0.143. The zero-order valence-electron chi connectivity index (χ0n) is 18.8. The molecule has 1 aromatic heterocycles. The third-order valence-corrected chi connectivity index (χ3v) is 5.72. The Morgan fingerprint density at radius 3 is 2.55 bits per heavy atom. The second-order valence-electron chi connectivity index (χ2n) is 8.97. The average molecular weight is 431 g/mol. The average Bonchev–Trinajstić information content (AvgIpc) is 2.66. The van der Waals surface area contributed by atoms with Crippen LogP contribution in [0.3, 0.4) is 0 Å². The summed E-state index contributed by atoms with van der Waals surface area (Å²) in [5.41, 5.74) is 1.57. The zero-order valence-corrected chi connectivity index (χ0v) is 18.8. The molecule has 3 rings (SSSR count). The summed E-state index contributed by atoms with van der Waals surface area (Å²) in [4.78, 5) is 36.0. The number of hydrogen-bond acceptors (Lipinski definition) is 6. The lowest BCUT2D eigenvalue weighted by Gasteiger charge is -2.33. The molecule has 31 heavy (non-hydrogen) atoms. The maximum absolute atomic E-state index is 12.4. The molecule has 0 unspecified atom stereocenters. The third-order valence-electron chi connectivity index (χ3n) is 5.72. The minimum absolute atomic E-state index is 0.277. The number of carbonyl (C=O) groups excluding carboxylic acids is 1. The molecule has 0 aliphatic carbocycles. The van der Waals surface area contributed by atoms with Gasteiger partial charge in [-0.15, -0.1) is 0 Å². The van der Waals surface area contributed by atoms with E-state index in [2.05, 4.69) is 5.32 Å². The number of carbonyl (C=O) groups is 2. The normalized spacial score (nSPS) is 15.8. The van der Waals surface area contributed by atoms with Crippen molar-refractivity contribution < 1.29 is 28.6 Å². The van der Waals surface area contributed by atoms with Crippen molar-refractivity contribution in [1.82, 2.24) is 5.32 Å². The van der Waals surface area contributed by atoms with Gasteiger partial charge in [0.2, 0.25) is 0 Å². The summed E-state index contributed by atoms with van der Waals surface area (Å²) < 4.78 is 17.5. The van der Waals surface area contributed by atoms with Crippen LogP contribution in [0.15, 0.2) is 15.3 Å². The Balaban J connectivity index is 2.00. The van der Waals surface area contributed by atoms with Gasteiger partial charge in [0.15, 0.2) is 6.61 Å². The van der Waals surface area contributed by atoms with E-state index in [1.54, 1.807) is 33.8 Å². The van der Waals surface area contributed by atoms with Gasteiger partial charge in [-0.3, -0.25) is 4.79 Å². The molecule has 1 aliphatic heterocycles. The lowest BCUT2D eigenvalue weighted by Crippen LogP contribution is -2.46. The second-order valence-corrected chi connectivity index (χ2v) is 8.97. The molecular formula is C23H29NO7. The van der Waals surface area contributed by atoms with Crippen molar-refractivity contribution in [2.75, 3.05) is 6.61 Å². The fraction of sp³-hybridized carbons (Fsp3) is 0.522. The van der Waals surface area contributed by atoms with Crippen LogP contribution >= 0.6 is 0 Å². The van der Waals surface area contributed by atoms with Crippen LogP contribution in [0, 0.1) is 19.8 Å². The van der Waals surface area contributed by atoms with Gasteiger partial charge in [0, 0.05) is 17.2 Å². The molecule has 1 aromatic carbocycles. The Hall–Kier alpha value is -3.03. The first-order valence-corrected chi connectivity index (χ1v) is 10.3. The maximum Gasteiger partial charge on any atom is 0.339 e. The van der Waals surface area contributed by atoms with E-state index >= 15 is 0 Å². The minimum Gasteiger partial charge on any atom is -0.487 e. The first kappa shape index (κ1) is 22.7. The molecule has 2 aromatic rings. The van der Waals surface area contributed by atoms with Crippen LogP contribution in [-0.4, -0.2) is 35.2 Å². The van der Waals surface area contributed by atoms with Crippen molar-refractivity contribution in [3.05, 3.63) is 33.2 Å². The van der Waals surface area contributed by atoms with Crippen LogP contribution in [0.25, 0.3) is 11.0 Å². The van der Waals surface area contributed by atoms with Crippen molar-refractivity contribution in [3.63, 3.8) is 0 Å². The molecule has 1 amide bonds. The van der Waals surface area contributed by atoms with Crippen molar-refractivity contribution in [2.45, 2.75) is 66.0 Å². The smallest absolute Gasteiger partial charge is 0.339 e. The number of carboxylic acids is 1. The van der Waals surface area contributed by atoms with E-state index in [9.17, 15) is 19.5 Å². The molecule has 2 N–H and O–H groups in total. The van der Waals surface area contributed by atoms with E-state index < -0.39 is 23.5 Å². The number of benzene rings is 1. The van der Waals surface area contributed by atoms with Crippen LogP contribution in [-0.2, 0) is 16.0 Å². The Morgan fingerprint density at radius 2 is 1.94 bits per heavy atom. The van der Waals surface area contributed by atoms with Crippen molar-refractivity contribution >= 4 is 22.8 Å². The van der Waals surface area contributed by atoms with Crippen LogP contribution in [0.2, 0.25) is 0 Å². The first-order valence-electron chi connectivity index (χ1n) is 10.3. The number of aryl methyl sites for hydroxylation is 2. The van der Waals surface area contributed by atoms with E-state index in [-0.39, 0.29) is 18.1 Å². The molecule has 0 saturated carbocycles. The highest BCUT2D eigenvalue weighted by Crippen LogP contribution is 2.43. The van der Waals surface area contributed by atoms with Gasteiger partial charge in [-0.25, -0.2) is 9.59 Å². The van der Waals surface area contributed by atoms with Crippen molar-refractivity contribution in [3.8, 4) is 11.5 Å². The van der Waals surface area contributed by atoms with Gasteiger partial charge in [-0.1, -0.05) is 13.8 Å². The fourth-order valence-corrected chi connectivity index (χ4v) is 3.72. The van der Waals surface area contributed by atoms with Crippen molar-refractivity contribution in [1.29, 1.82) is 0 Å². The lowest BCUT2D eigenvalue weighted by atomic mass is 9.92. The Labute approximate surface area is 180 Å². The monoisotopic (exact) mass is 431 g/mol. The van der Waals surface area contributed by atoms with E-state index in [4.69, 9.17) is 13.9 Å². The number of nitrogens with one attached hydrogen (secondary N) is 1. The number of ether oxygens (including phenoxy) is 2. The highest BCUT2D eigenvalue weighted by atomic mass is 16.5. The predicted molar refractivity (Wildman–Crippen MR) is 115 cm³/mol. The first-order chi connectivity index (χ1) is 14.4. The van der Waals surface area contributed by atoms with Gasteiger partial charge >= 0.3 is 11.6 Å². The number of amides is 1. The predicted octanol–water partition coefficient (Wildman–Crippen LogP) is 3.12. The minimum atomic E-state index is -1.11. The van der Waals surface area contributed by atoms with Crippen molar-refractivity contribution in [2.24, 2.45) is 5.92 Å². The Kier molecular flexibility index (Phi) is 6.02. The molecule has 1 aliphatic rings. The largest absolute Gasteiger partial charge is 0.487 e. The summed E-state index contributed by atoms with van der Waals surface area (Å²) in [6.45, 7) is 10.5. The summed E-state index contributed by atoms with van der Waals surface area (Å²) in [5, 5.41) is 12.4. The van der Waals surface area contributed by atoms with E-state index in [0.717, 1.165) is 12.0 Å². The Bertz CT molecular complexity index is 1100. The van der Waals surface area contributed by atoms with Gasteiger partial charge in [-0.05, 0) is 52.0 Å². The van der Waals surface area contributed by atoms with Crippen LogP contribution < -0.4 is 20.4 Å². The second kappa shape index (κ2) is 8.24. The van der Waals surface area contributed by atoms with Gasteiger partial charge in [0.25, 0.3) is 5.91 Å². The summed E-state index contributed by atoms with van der Waals surface area (Å²) in [7, 11) is 0. The zero-order chi connectivity index (χ0) is 23.1. The molecule has 0 saturated heterocycles. The summed E-state index contributed by atoms with van der Waals surface area (Å²) in [5.74, 6) is -1.04. The topological polar surface area (TPSA) is 115 Å². The molecule has 8 heteroatoms. The fourth-order valence-electron chi connectivity index (χ4n) is 3.72. The number of fused-ring (bicyclic) bond motifs is 3. The summed E-state index contributed by atoms with van der Waals surface area (Å²) in [6.07, 6.45) is 1.44. The van der Waals surface area contributed by atoms with E-state index in [1.165, 1.54) is 0 Å². The third kappa shape index (κ3) is 4.52. The number of aliphatic carboxylic acids is 1. The maximum atomic E-state index is 12.4. The Morgan fingerprint density at radius 1 is 1.26 bits per heavy atom. The van der Waals surface area contributed by atoms with Gasteiger partial charge in [0.05, 0.1) is 5.39 Å². The molecule has 0 bridgehead atoms. The van der Waals surface area contributed by atoms with Crippen LogP contribution in [0.5, 0.6) is 11.5 Å². The standard InChI is InChI=1S/C23H29NO7/c1-11(2)19(21(26)27)24-17(25)10-29-16-9-15-14(7-8-23(5,6)31-15)20-18(16)12(3)13(4)22(28)30-20/h9,11,19H,7-8,10H2,1-6H3,(H,24,25)(H,26,27)/t19-/m0/s1. The molecule has 168 valence electrons. The SMILES string of the molecule is Cc1c(C)c2c(OCC(=O)N[C@H](C(=O)O)C(C)C)cc3c(c2oc1=O)CCC(C)(C)O3. The number of rotatable bonds is 6. The highest BCUT2D eigenvalue weighted by Gasteiger charge is 2.31. The molecule has 0 spiro atoms. The van der Waals surface area contributed by atoms with E-state index in [0.29, 0.717) is 40.0 Å². The number of hydrogen-bond donors (Lipinski definition) is 2. The number of carboxylic acid groups (broad SMARTS) is 1. The molecule has 1 atom stereocenters. The summed E-state index contributed by atoms with van der Waals surface area (Å²) >= 11 is 0. The van der Waals surface area contributed by atoms with Crippen LogP contribution in [0.1, 0.15) is 50.8 Å². The molecule has 0 radical (unpaired) electrons. The van der Waals surface area contributed by atoms with Crippen LogP contribution in [0.4, 0.5) is 0 Å². The molecule has 8 nitrogen and oxygen atoms in total. The molecular weight excluding hydrogens is 402 g/mol. The van der Waals surface area contributed by atoms with Gasteiger partial charge in [-0.2, -0.15) is 0 Å². The molecule has 2 heterocycles. The van der Waals surface area contributed by atoms with E-state index in [1.807, 2.05) is 13.8 Å². The molecule has 0 fully saturated rings. The van der Waals surface area contributed by atoms with Gasteiger partial charge in [0.1, 0.15) is 28.7 Å². The highest BCUT2D eigenvalue weighted by molar-refractivity contribution is 5.92. The quantitative estimate of drug-likeness (QED) is 0.675. The summed E-state index contributed by atoms with van der Waals surface area (Å²) in [6, 6.07) is 0.706.